The van der Waals surface area contributed by atoms with Gasteiger partial charge in [-0.2, -0.15) is 0 Å². The number of rotatable bonds is 5. The van der Waals surface area contributed by atoms with Crippen molar-refractivity contribution in [3.8, 4) is 0 Å². The van der Waals surface area contributed by atoms with Crippen LogP contribution in [0.4, 0.5) is 0 Å². The van der Waals surface area contributed by atoms with Gasteiger partial charge in [-0.1, -0.05) is 29.3 Å². The molecule has 6 heteroatoms. The summed E-state index contributed by atoms with van der Waals surface area (Å²) in [6.45, 7) is 0. The lowest BCUT2D eigenvalue weighted by atomic mass is 9.49. The van der Waals surface area contributed by atoms with E-state index in [-0.39, 0.29) is 17.7 Å². The van der Waals surface area contributed by atoms with Gasteiger partial charge in [-0.25, -0.2) is 0 Å². The van der Waals surface area contributed by atoms with Crippen LogP contribution < -0.4 is 5.32 Å². The molecule has 26 heavy (non-hydrogen) atoms. The van der Waals surface area contributed by atoms with Crippen LogP contribution in [0.2, 0.25) is 10.0 Å². The normalized spacial score (nSPS) is 33.1. The van der Waals surface area contributed by atoms with Gasteiger partial charge >= 0.3 is 5.97 Å². The minimum Gasteiger partial charge on any atom is -0.481 e. The third kappa shape index (κ3) is 3.34. The van der Waals surface area contributed by atoms with E-state index in [1.165, 1.54) is 19.3 Å². The molecule has 1 amide bonds. The Labute approximate surface area is 163 Å². The Morgan fingerprint density at radius 1 is 1.12 bits per heavy atom. The summed E-state index contributed by atoms with van der Waals surface area (Å²) in [6.07, 6.45) is 6.41. The fourth-order valence-corrected chi connectivity index (χ4v) is 6.44. The van der Waals surface area contributed by atoms with E-state index in [4.69, 9.17) is 23.2 Å². The van der Waals surface area contributed by atoms with E-state index in [0.29, 0.717) is 33.4 Å². The van der Waals surface area contributed by atoms with Crippen LogP contribution in [0.1, 0.15) is 56.6 Å². The summed E-state index contributed by atoms with van der Waals surface area (Å²) in [4.78, 5) is 24.6. The molecular formula is C20H23Cl2NO3. The number of amides is 1. The monoisotopic (exact) mass is 395 g/mol. The quantitative estimate of drug-likeness (QED) is 0.748. The Balaban J connectivity index is 1.57. The Bertz CT molecular complexity index is 713. The van der Waals surface area contributed by atoms with Crippen molar-refractivity contribution in [1.82, 2.24) is 5.32 Å². The molecule has 2 N–H and O–H groups in total. The SMILES string of the molecule is O=C(O)C[C@H](NC(=O)C12CC3CC(CC(C3)C1)C2)c1ccc(Cl)cc1Cl. The average Bonchev–Trinajstić information content (AvgIpc) is 2.52. The summed E-state index contributed by atoms with van der Waals surface area (Å²) < 4.78 is 0. The summed E-state index contributed by atoms with van der Waals surface area (Å²) in [5.74, 6) is 1.01. The van der Waals surface area contributed by atoms with Crippen molar-refractivity contribution in [1.29, 1.82) is 0 Å². The molecule has 1 aromatic rings. The average molecular weight is 396 g/mol. The molecule has 0 unspecified atom stereocenters. The van der Waals surface area contributed by atoms with Crippen LogP contribution in [0, 0.1) is 23.2 Å². The highest BCUT2D eigenvalue weighted by molar-refractivity contribution is 6.35. The fourth-order valence-electron chi connectivity index (χ4n) is 5.90. The van der Waals surface area contributed by atoms with Gasteiger partial charge in [-0.15, -0.1) is 0 Å². The van der Waals surface area contributed by atoms with Crippen molar-refractivity contribution in [2.75, 3.05) is 0 Å². The zero-order valence-corrected chi connectivity index (χ0v) is 16.0. The number of aliphatic carboxylic acids is 1. The van der Waals surface area contributed by atoms with Crippen LogP contribution >= 0.6 is 23.2 Å². The molecule has 1 aromatic carbocycles. The molecule has 0 saturated heterocycles. The highest BCUT2D eigenvalue weighted by atomic mass is 35.5. The zero-order chi connectivity index (χ0) is 18.5. The number of hydrogen-bond donors (Lipinski definition) is 2. The van der Waals surface area contributed by atoms with Crippen molar-refractivity contribution in [3.05, 3.63) is 33.8 Å². The molecule has 140 valence electrons. The zero-order valence-electron chi connectivity index (χ0n) is 14.5. The first-order valence-electron chi connectivity index (χ1n) is 9.32. The van der Waals surface area contributed by atoms with Gasteiger partial charge in [0.2, 0.25) is 5.91 Å². The molecule has 0 aliphatic heterocycles. The highest BCUT2D eigenvalue weighted by Crippen LogP contribution is 2.60. The number of carboxylic acid groups (broad SMARTS) is 1. The summed E-state index contributed by atoms with van der Waals surface area (Å²) >= 11 is 12.2. The number of benzene rings is 1. The predicted octanol–water partition coefficient (Wildman–Crippen LogP) is 4.84. The van der Waals surface area contributed by atoms with Crippen molar-refractivity contribution in [3.63, 3.8) is 0 Å². The minimum absolute atomic E-state index is 0.00821. The lowest BCUT2D eigenvalue weighted by molar-refractivity contribution is -0.147. The first kappa shape index (κ1) is 18.1. The van der Waals surface area contributed by atoms with E-state index in [1.807, 2.05) is 0 Å². The van der Waals surface area contributed by atoms with Crippen LogP contribution in [0.3, 0.4) is 0 Å². The molecule has 4 nitrogen and oxygen atoms in total. The lowest BCUT2D eigenvalue weighted by Crippen LogP contribution is -2.54. The van der Waals surface area contributed by atoms with E-state index >= 15 is 0 Å². The van der Waals surface area contributed by atoms with E-state index in [9.17, 15) is 14.7 Å². The molecule has 5 rings (SSSR count). The van der Waals surface area contributed by atoms with Crippen LogP contribution in [-0.4, -0.2) is 17.0 Å². The van der Waals surface area contributed by atoms with Gasteiger partial charge in [-0.3, -0.25) is 9.59 Å². The van der Waals surface area contributed by atoms with Crippen LogP contribution in [0.15, 0.2) is 18.2 Å². The number of carbonyl (C=O) groups is 2. The van der Waals surface area contributed by atoms with Crippen molar-refractivity contribution < 1.29 is 14.7 Å². The van der Waals surface area contributed by atoms with E-state index < -0.39 is 12.0 Å². The third-order valence-corrected chi connectivity index (χ3v) is 7.10. The Morgan fingerprint density at radius 3 is 2.19 bits per heavy atom. The second-order valence-electron chi connectivity index (χ2n) is 8.49. The molecule has 0 radical (unpaired) electrons. The van der Waals surface area contributed by atoms with Gasteiger partial charge in [0, 0.05) is 15.5 Å². The predicted molar refractivity (Wildman–Crippen MR) is 100 cm³/mol. The number of halogens is 2. The Hall–Kier alpha value is -1.26. The number of hydrogen-bond acceptors (Lipinski definition) is 2. The topological polar surface area (TPSA) is 66.4 Å². The molecule has 4 aliphatic rings. The minimum atomic E-state index is -0.966. The fraction of sp³-hybridized carbons (Fsp3) is 0.600. The van der Waals surface area contributed by atoms with Crippen LogP contribution in [0.25, 0.3) is 0 Å². The molecule has 0 spiro atoms. The van der Waals surface area contributed by atoms with Crippen molar-refractivity contribution in [2.45, 2.75) is 51.0 Å². The van der Waals surface area contributed by atoms with E-state index in [2.05, 4.69) is 5.32 Å². The van der Waals surface area contributed by atoms with Crippen LogP contribution in [0.5, 0.6) is 0 Å². The molecule has 4 fully saturated rings. The molecule has 0 aromatic heterocycles. The molecular weight excluding hydrogens is 373 g/mol. The molecule has 4 aliphatic carbocycles. The number of nitrogens with one attached hydrogen (secondary N) is 1. The maximum Gasteiger partial charge on any atom is 0.305 e. The van der Waals surface area contributed by atoms with E-state index in [0.717, 1.165) is 19.3 Å². The summed E-state index contributed by atoms with van der Waals surface area (Å²) in [5.41, 5.74) is 0.293. The van der Waals surface area contributed by atoms with Gasteiger partial charge in [0.05, 0.1) is 12.5 Å². The largest absolute Gasteiger partial charge is 0.481 e. The molecule has 4 bridgehead atoms. The van der Waals surface area contributed by atoms with Crippen LogP contribution in [-0.2, 0) is 9.59 Å². The Kier molecular flexibility index (Phi) is 4.68. The summed E-state index contributed by atoms with van der Waals surface area (Å²) in [6, 6.07) is 4.33. The van der Waals surface area contributed by atoms with Gasteiger partial charge in [0.15, 0.2) is 0 Å². The van der Waals surface area contributed by atoms with Crippen molar-refractivity contribution in [2.24, 2.45) is 23.2 Å². The molecule has 1 atom stereocenters. The second-order valence-corrected chi connectivity index (χ2v) is 9.33. The summed E-state index contributed by atoms with van der Waals surface area (Å²) in [7, 11) is 0. The lowest BCUT2D eigenvalue weighted by Gasteiger charge is -2.55. The highest BCUT2D eigenvalue weighted by Gasteiger charge is 2.54. The van der Waals surface area contributed by atoms with Gasteiger partial charge < -0.3 is 10.4 Å². The Morgan fingerprint density at radius 2 is 1.69 bits per heavy atom. The standard InChI is InChI=1S/C20H23Cl2NO3/c21-14-1-2-15(16(22)6-14)17(7-18(24)25)23-19(26)20-8-11-3-12(9-20)5-13(4-11)10-20/h1-2,6,11-13,17H,3-5,7-10H2,(H,23,26)(H,24,25)/t11?,12?,13?,17-,20?/m0/s1. The maximum absolute atomic E-state index is 13.3. The van der Waals surface area contributed by atoms with Crippen molar-refractivity contribution >= 4 is 35.1 Å². The van der Waals surface area contributed by atoms with Gasteiger partial charge in [0.25, 0.3) is 0 Å². The smallest absolute Gasteiger partial charge is 0.305 e. The molecule has 0 heterocycles. The summed E-state index contributed by atoms with van der Waals surface area (Å²) in [5, 5.41) is 13.2. The van der Waals surface area contributed by atoms with E-state index in [1.54, 1.807) is 18.2 Å². The van der Waals surface area contributed by atoms with Gasteiger partial charge in [0.1, 0.15) is 0 Å². The molecule has 4 saturated carbocycles. The number of carboxylic acids is 1. The first-order valence-corrected chi connectivity index (χ1v) is 10.1. The first-order chi connectivity index (χ1) is 12.3. The third-order valence-electron chi connectivity index (χ3n) is 6.54. The second kappa shape index (κ2) is 6.72. The van der Waals surface area contributed by atoms with Gasteiger partial charge in [-0.05, 0) is 74.0 Å². The number of carbonyl (C=O) groups excluding carboxylic acids is 1. The maximum atomic E-state index is 13.3.